The highest BCUT2D eigenvalue weighted by atomic mass is 79.9. The minimum Gasteiger partial charge on any atom is -0.397 e. The van der Waals surface area contributed by atoms with Crippen LogP contribution in [0.3, 0.4) is 0 Å². The van der Waals surface area contributed by atoms with E-state index < -0.39 is 11.6 Å². The van der Waals surface area contributed by atoms with E-state index in [0.717, 1.165) is 16.1 Å². The van der Waals surface area contributed by atoms with Crippen LogP contribution < -0.4 is 10.6 Å². The van der Waals surface area contributed by atoms with Crippen molar-refractivity contribution in [2.75, 3.05) is 17.7 Å². The standard InChI is InChI=1S/C14H13BrF2N2/c1-19(8-9-4-2-3-5-10(9)15)14-12(18)7-6-11(16)13(14)17/h2-7H,8,18H2,1H3. The molecule has 0 unspecified atom stereocenters. The lowest BCUT2D eigenvalue weighted by Crippen LogP contribution is -2.20. The van der Waals surface area contributed by atoms with Gasteiger partial charge >= 0.3 is 0 Å². The van der Waals surface area contributed by atoms with E-state index in [1.54, 1.807) is 11.9 Å². The number of anilines is 2. The predicted molar refractivity (Wildman–Crippen MR) is 77.0 cm³/mol. The molecule has 2 N–H and O–H groups in total. The van der Waals surface area contributed by atoms with Gasteiger partial charge in [-0.3, -0.25) is 0 Å². The first kappa shape index (κ1) is 13.8. The Hall–Kier alpha value is -1.62. The monoisotopic (exact) mass is 326 g/mol. The lowest BCUT2D eigenvalue weighted by molar-refractivity contribution is 0.508. The molecule has 0 radical (unpaired) electrons. The molecule has 0 saturated heterocycles. The third kappa shape index (κ3) is 2.87. The van der Waals surface area contributed by atoms with E-state index in [2.05, 4.69) is 15.9 Å². The van der Waals surface area contributed by atoms with Gasteiger partial charge in [-0.15, -0.1) is 0 Å². The Morgan fingerprint density at radius 1 is 1.16 bits per heavy atom. The number of hydrogen-bond acceptors (Lipinski definition) is 2. The third-order valence-electron chi connectivity index (χ3n) is 2.85. The molecule has 100 valence electrons. The Balaban J connectivity index is 2.33. The SMILES string of the molecule is CN(Cc1ccccc1Br)c1c(N)ccc(F)c1F. The fourth-order valence-electron chi connectivity index (χ4n) is 1.90. The number of nitrogen functional groups attached to an aromatic ring is 1. The van der Waals surface area contributed by atoms with Gasteiger partial charge in [0.15, 0.2) is 11.6 Å². The molecular formula is C14H13BrF2N2. The zero-order valence-corrected chi connectivity index (χ0v) is 11.9. The van der Waals surface area contributed by atoms with Crippen LogP contribution in [0.4, 0.5) is 20.2 Å². The minimum atomic E-state index is -0.922. The third-order valence-corrected chi connectivity index (χ3v) is 3.62. The van der Waals surface area contributed by atoms with Gasteiger partial charge < -0.3 is 10.6 Å². The van der Waals surface area contributed by atoms with E-state index in [4.69, 9.17) is 5.73 Å². The maximum absolute atomic E-state index is 13.8. The van der Waals surface area contributed by atoms with E-state index in [0.29, 0.717) is 6.54 Å². The first-order valence-corrected chi connectivity index (χ1v) is 6.48. The molecule has 0 amide bonds. The van der Waals surface area contributed by atoms with Gasteiger partial charge in [-0.1, -0.05) is 34.1 Å². The molecule has 0 bridgehead atoms. The molecule has 0 aliphatic carbocycles. The van der Waals surface area contributed by atoms with Crippen LogP contribution in [0.2, 0.25) is 0 Å². The summed E-state index contributed by atoms with van der Waals surface area (Å²) in [5.41, 5.74) is 6.98. The molecule has 2 rings (SSSR count). The van der Waals surface area contributed by atoms with E-state index in [-0.39, 0.29) is 11.4 Å². The van der Waals surface area contributed by atoms with Crippen molar-refractivity contribution in [3.63, 3.8) is 0 Å². The molecule has 5 heteroatoms. The summed E-state index contributed by atoms with van der Waals surface area (Å²) < 4.78 is 28.0. The summed E-state index contributed by atoms with van der Waals surface area (Å²) in [6.07, 6.45) is 0. The molecule has 2 nitrogen and oxygen atoms in total. The summed E-state index contributed by atoms with van der Waals surface area (Å²) in [7, 11) is 1.67. The highest BCUT2D eigenvalue weighted by Gasteiger charge is 2.16. The van der Waals surface area contributed by atoms with Crippen LogP contribution in [0.15, 0.2) is 40.9 Å². The zero-order valence-electron chi connectivity index (χ0n) is 10.3. The highest BCUT2D eigenvalue weighted by molar-refractivity contribution is 9.10. The molecule has 0 saturated carbocycles. The van der Waals surface area contributed by atoms with Crippen molar-refractivity contribution < 1.29 is 8.78 Å². The fourth-order valence-corrected chi connectivity index (χ4v) is 2.31. The van der Waals surface area contributed by atoms with Gasteiger partial charge in [-0.2, -0.15) is 0 Å². The summed E-state index contributed by atoms with van der Waals surface area (Å²) in [5.74, 6) is -1.82. The average molecular weight is 327 g/mol. The number of benzene rings is 2. The van der Waals surface area contributed by atoms with Crippen molar-refractivity contribution >= 4 is 27.3 Å². The quantitative estimate of drug-likeness (QED) is 0.865. The number of rotatable bonds is 3. The maximum atomic E-state index is 13.8. The van der Waals surface area contributed by atoms with Crippen LogP contribution in [0.25, 0.3) is 0 Å². The predicted octanol–water partition coefficient (Wildman–Crippen LogP) is 3.95. The number of hydrogen-bond donors (Lipinski definition) is 1. The fraction of sp³-hybridized carbons (Fsp3) is 0.143. The lowest BCUT2D eigenvalue weighted by atomic mass is 10.2. The Labute approximate surface area is 119 Å². The van der Waals surface area contributed by atoms with Gasteiger partial charge in [0, 0.05) is 18.1 Å². The van der Waals surface area contributed by atoms with Crippen LogP contribution in [0.5, 0.6) is 0 Å². The molecule has 0 aromatic heterocycles. The van der Waals surface area contributed by atoms with Crippen molar-refractivity contribution in [2.45, 2.75) is 6.54 Å². The van der Waals surface area contributed by atoms with Crippen molar-refractivity contribution in [3.05, 3.63) is 58.1 Å². The van der Waals surface area contributed by atoms with Crippen molar-refractivity contribution in [1.82, 2.24) is 0 Å². The van der Waals surface area contributed by atoms with E-state index in [1.807, 2.05) is 24.3 Å². The molecule has 0 atom stereocenters. The maximum Gasteiger partial charge on any atom is 0.184 e. The molecule has 0 aliphatic heterocycles. The topological polar surface area (TPSA) is 29.3 Å². The van der Waals surface area contributed by atoms with E-state index in [9.17, 15) is 8.78 Å². The summed E-state index contributed by atoms with van der Waals surface area (Å²) >= 11 is 3.42. The minimum absolute atomic E-state index is 0.0794. The molecule has 0 spiro atoms. The van der Waals surface area contributed by atoms with Gasteiger partial charge in [0.05, 0.1) is 11.4 Å². The van der Waals surface area contributed by atoms with Crippen LogP contribution in [-0.2, 0) is 6.54 Å². The number of nitrogens with two attached hydrogens (primary N) is 1. The van der Waals surface area contributed by atoms with Gasteiger partial charge in [-0.25, -0.2) is 8.78 Å². The smallest absolute Gasteiger partial charge is 0.184 e. The Morgan fingerprint density at radius 2 is 1.84 bits per heavy atom. The molecule has 0 heterocycles. The Bertz CT molecular complexity index is 602. The summed E-state index contributed by atoms with van der Waals surface area (Å²) in [5, 5.41) is 0. The van der Waals surface area contributed by atoms with Crippen molar-refractivity contribution in [2.24, 2.45) is 0 Å². The zero-order chi connectivity index (χ0) is 14.0. The molecule has 19 heavy (non-hydrogen) atoms. The first-order valence-electron chi connectivity index (χ1n) is 5.68. The Morgan fingerprint density at radius 3 is 2.53 bits per heavy atom. The molecule has 0 fully saturated rings. The molecule has 2 aromatic carbocycles. The van der Waals surface area contributed by atoms with Gasteiger partial charge in [0.25, 0.3) is 0 Å². The lowest BCUT2D eigenvalue weighted by Gasteiger charge is -2.22. The number of nitrogens with zero attached hydrogens (tertiary/aromatic N) is 1. The second-order valence-electron chi connectivity index (χ2n) is 4.25. The average Bonchev–Trinajstić information content (AvgIpc) is 2.37. The van der Waals surface area contributed by atoms with Crippen molar-refractivity contribution in [3.8, 4) is 0 Å². The highest BCUT2D eigenvalue weighted by Crippen LogP contribution is 2.29. The molecule has 2 aromatic rings. The second-order valence-corrected chi connectivity index (χ2v) is 5.10. The number of halogens is 3. The van der Waals surface area contributed by atoms with E-state index in [1.165, 1.54) is 6.07 Å². The second kappa shape index (κ2) is 5.57. The summed E-state index contributed by atoms with van der Waals surface area (Å²) in [6.45, 7) is 0.423. The van der Waals surface area contributed by atoms with Crippen LogP contribution >= 0.6 is 15.9 Å². The van der Waals surface area contributed by atoms with Crippen molar-refractivity contribution in [1.29, 1.82) is 0 Å². The van der Waals surface area contributed by atoms with E-state index >= 15 is 0 Å². The first-order chi connectivity index (χ1) is 9.00. The largest absolute Gasteiger partial charge is 0.397 e. The van der Waals surface area contributed by atoms with Crippen LogP contribution in [-0.4, -0.2) is 7.05 Å². The van der Waals surface area contributed by atoms with Gasteiger partial charge in [-0.05, 0) is 23.8 Å². The normalized spacial score (nSPS) is 10.5. The molecule has 0 aliphatic rings. The van der Waals surface area contributed by atoms with Gasteiger partial charge in [0.2, 0.25) is 0 Å². The van der Waals surface area contributed by atoms with Crippen LogP contribution in [0.1, 0.15) is 5.56 Å². The molecular weight excluding hydrogens is 314 g/mol. The summed E-state index contributed by atoms with van der Waals surface area (Å²) in [4.78, 5) is 1.59. The van der Waals surface area contributed by atoms with Crippen LogP contribution in [0, 0.1) is 11.6 Å². The Kier molecular flexibility index (Phi) is 4.04. The summed E-state index contributed by atoms with van der Waals surface area (Å²) in [6, 6.07) is 9.98. The van der Waals surface area contributed by atoms with Gasteiger partial charge in [0.1, 0.15) is 0 Å².